The molecule has 1 saturated carbocycles. The van der Waals surface area contributed by atoms with E-state index in [9.17, 15) is 18.4 Å². The fourth-order valence-corrected chi connectivity index (χ4v) is 2.02. The highest BCUT2D eigenvalue weighted by molar-refractivity contribution is 5.84. The van der Waals surface area contributed by atoms with E-state index in [-0.39, 0.29) is 5.56 Å². The molecule has 20 heavy (non-hydrogen) atoms. The van der Waals surface area contributed by atoms with Crippen LogP contribution in [0, 0.1) is 17.6 Å². The van der Waals surface area contributed by atoms with Crippen LogP contribution in [0.2, 0.25) is 0 Å². The number of carbonyl (C=O) groups is 2. The van der Waals surface area contributed by atoms with Gasteiger partial charge in [0.15, 0.2) is 0 Å². The number of halogens is 2. The Balaban J connectivity index is 1.98. The van der Waals surface area contributed by atoms with Crippen molar-refractivity contribution in [2.45, 2.75) is 31.7 Å². The summed E-state index contributed by atoms with van der Waals surface area (Å²) in [5, 5.41) is 11.3. The van der Waals surface area contributed by atoms with Crippen LogP contribution in [0.15, 0.2) is 18.2 Å². The van der Waals surface area contributed by atoms with Gasteiger partial charge in [0, 0.05) is 5.56 Å². The molecule has 1 atom stereocenters. The predicted octanol–water partition coefficient (Wildman–Crippen LogP) is 1.88. The minimum absolute atomic E-state index is 0.321. The Morgan fingerprint density at radius 1 is 1.30 bits per heavy atom. The number of carbonyl (C=O) groups excluding carboxylic acids is 1. The third-order valence-electron chi connectivity index (χ3n) is 3.30. The first kappa shape index (κ1) is 14.4. The molecule has 0 heterocycles. The molecule has 0 radical (unpaired) electrons. The van der Waals surface area contributed by atoms with Crippen molar-refractivity contribution in [2.75, 3.05) is 0 Å². The number of carboxylic acids is 1. The largest absolute Gasteiger partial charge is 0.480 e. The van der Waals surface area contributed by atoms with Crippen molar-refractivity contribution in [3.8, 4) is 0 Å². The molecule has 1 aromatic carbocycles. The summed E-state index contributed by atoms with van der Waals surface area (Å²) in [5.74, 6) is -3.12. The summed E-state index contributed by atoms with van der Waals surface area (Å²) in [6.07, 6.45) is 1.77. The summed E-state index contributed by atoms with van der Waals surface area (Å²) in [6.45, 7) is 0. The molecule has 2 rings (SSSR count). The van der Waals surface area contributed by atoms with Gasteiger partial charge >= 0.3 is 5.97 Å². The van der Waals surface area contributed by atoms with Gasteiger partial charge in [0.05, 0.1) is 6.42 Å². The van der Waals surface area contributed by atoms with Crippen molar-refractivity contribution >= 4 is 11.9 Å². The second-order valence-electron chi connectivity index (χ2n) is 5.01. The number of carboxylic acid groups (broad SMARTS) is 1. The van der Waals surface area contributed by atoms with E-state index in [1.807, 2.05) is 0 Å². The average Bonchev–Trinajstić information content (AvgIpc) is 3.17. The van der Waals surface area contributed by atoms with Crippen LogP contribution in [0.1, 0.15) is 24.8 Å². The first-order valence-corrected chi connectivity index (χ1v) is 6.42. The number of rotatable bonds is 6. The highest BCUT2D eigenvalue weighted by Crippen LogP contribution is 2.33. The standard InChI is InChI=1S/C14H15F2NO3/c15-10-2-1-3-11(16)9(10)7-13(18)17-12(14(19)20)6-8-4-5-8/h1-3,8,12H,4-7H2,(H,17,18)(H,19,20)/t12-/m0/s1. The molecule has 0 unspecified atom stereocenters. The Bertz CT molecular complexity index is 509. The van der Waals surface area contributed by atoms with Crippen LogP contribution < -0.4 is 5.32 Å². The van der Waals surface area contributed by atoms with Crippen LogP contribution in [-0.2, 0) is 16.0 Å². The normalized spacial score (nSPS) is 15.7. The minimum Gasteiger partial charge on any atom is -0.480 e. The second kappa shape index (κ2) is 5.98. The summed E-state index contributed by atoms with van der Waals surface area (Å²) in [4.78, 5) is 22.7. The number of benzene rings is 1. The van der Waals surface area contributed by atoms with Gasteiger partial charge in [0.25, 0.3) is 0 Å². The number of amides is 1. The Kier molecular flexibility index (Phi) is 4.32. The maximum atomic E-state index is 13.4. The average molecular weight is 283 g/mol. The van der Waals surface area contributed by atoms with Crippen LogP contribution in [0.4, 0.5) is 8.78 Å². The van der Waals surface area contributed by atoms with E-state index in [0.29, 0.717) is 12.3 Å². The predicted molar refractivity (Wildman–Crippen MR) is 67.0 cm³/mol. The molecule has 6 heteroatoms. The summed E-state index contributed by atoms with van der Waals surface area (Å²) in [5.41, 5.74) is -0.347. The lowest BCUT2D eigenvalue weighted by atomic mass is 10.1. The SMILES string of the molecule is O=C(Cc1c(F)cccc1F)N[C@@H](CC1CC1)C(=O)O. The highest BCUT2D eigenvalue weighted by atomic mass is 19.1. The summed E-state index contributed by atoms with van der Waals surface area (Å²) >= 11 is 0. The van der Waals surface area contributed by atoms with Crippen LogP contribution in [0.5, 0.6) is 0 Å². The fourth-order valence-electron chi connectivity index (χ4n) is 2.02. The highest BCUT2D eigenvalue weighted by Gasteiger charge is 2.30. The van der Waals surface area contributed by atoms with Crippen molar-refractivity contribution in [2.24, 2.45) is 5.92 Å². The van der Waals surface area contributed by atoms with Gasteiger partial charge in [-0.05, 0) is 24.5 Å². The molecule has 108 valence electrons. The Morgan fingerprint density at radius 3 is 2.40 bits per heavy atom. The van der Waals surface area contributed by atoms with Crippen molar-refractivity contribution in [3.63, 3.8) is 0 Å². The topological polar surface area (TPSA) is 66.4 Å². The molecule has 1 aromatic rings. The van der Waals surface area contributed by atoms with Gasteiger partial charge in [-0.25, -0.2) is 13.6 Å². The number of hydrogen-bond donors (Lipinski definition) is 2. The zero-order chi connectivity index (χ0) is 14.7. The van der Waals surface area contributed by atoms with Crippen molar-refractivity contribution < 1.29 is 23.5 Å². The van der Waals surface area contributed by atoms with Gasteiger partial charge in [-0.1, -0.05) is 18.9 Å². The Labute approximate surface area is 114 Å². The van der Waals surface area contributed by atoms with Crippen molar-refractivity contribution in [1.29, 1.82) is 0 Å². The van der Waals surface area contributed by atoms with Gasteiger partial charge in [-0.3, -0.25) is 4.79 Å². The van der Waals surface area contributed by atoms with Crippen LogP contribution >= 0.6 is 0 Å². The zero-order valence-corrected chi connectivity index (χ0v) is 10.7. The monoisotopic (exact) mass is 283 g/mol. The van der Waals surface area contributed by atoms with Gasteiger partial charge < -0.3 is 10.4 Å². The van der Waals surface area contributed by atoms with E-state index < -0.39 is 36.0 Å². The molecule has 0 saturated heterocycles. The molecule has 0 aliphatic heterocycles. The quantitative estimate of drug-likeness (QED) is 0.837. The van der Waals surface area contributed by atoms with E-state index in [1.165, 1.54) is 6.07 Å². The van der Waals surface area contributed by atoms with Crippen molar-refractivity contribution in [3.05, 3.63) is 35.4 Å². The summed E-state index contributed by atoms with van der Waals surface area (Å²) in [6, 6.07) is 2.33. The third-order valence-corrected chi connectivity index (χ3v) is 3.30. The Morgan fingerprint density at radius 2 is 1.90 bits per heavy atom. The van der Waals surface area contributed by atoms with Crippen LogP contribution in [0.3, 0.4) is 0 Å². The smallest absolute Gasteiger partial charge is 0.326 e. The fraction of sp³-hybridized carbons (Fsp3) is 0.429. The van der Waals surface area contributed by atoms with Crippen LogP contribution in [0.25, 0.3) is 0 Å². The van der Waals surface area contributed by atoms with Crippen molar-refractivity contribution in [1.82, 2.24) is 5.32 Å². The molecule has 4 nitrogen and oxygen atoms in total. The molecule has 0 bridgehead atoms. The molecule has 1 aliphatic rings. The Hall–Kier alpha value is -1.98. The van der Waals surface area contributed by atoms with Gasteiger partial charge in [-0.15, -0.1) is 0 Å². The lowest BCUT2D eigenvalue weighted by Gasteiger charge is -2.14. The van der Waals surface area contributed by atoms with Gasteiger partial charge in [0.2, 0.25) is 5.91 Å². The summed E-state index contributed by atoms with van der Waals surface area (Å²) in [7, 11) is 0. The first-order chi connectivity index (χ1) is 9.47. The van der Waals surface area contributed by atoms with Crippen LogP contribution in [-0.4, -0.2) is 23.0 Å². The first-order valence-electron chi connectivity index (χ1n) is 6.42. The maximum absolute atomic E-state index is 13.4. The minimum atomic E-state index is -1.13. The second-order valence-corrected chi connectivity index (χ2v) is 5.01. The maximum Gasteiger partial charge on any atom is 0.326 e. The lowest BCUT2D eigenvalue weighted by Crippen LogP contribution is -2.42. The molecular formula is C14H15F2NO3. The summed E-state index contributed by atoms with van der Waals surface area (Å²) < 4.78 is 26.8. The molecule has 1 fully saturated rings. The van der Waals surface area contributed by atoms with E-state index >= 15 is 0 Å². The zero-order valence-electron chi connectivity index (χ0n) is 10.7. The number of nitrogens with one attached hydrogen (secondary N) is 1. The molecule has 0 aromatic heterocycles. The van der Waals surface area contributed by atoms with E-state index in [2.05, 4.69) is 5.32 Å². The molecule has 1 amide bonds. The van der Waals surface area contributed by atoms with Gasteiger partial charge in [-0.2, -0.15) is 0 Å². The molecule has 2 N–H and O–H groups in total. The molecule has 1 aliphatic carbocycles. The number of hydrogen-bond acceptors (Lipinski definition) is 2. The van der Waals surface area contributed by atoms with E-state index in [0.717, 1.165) is 25.0 Å². The number of aliphatic carboxylic acids is 1. The van der Waals surface area contributed by atoms with Gasteiger partial charge in [0.1, 0.15) is 17.7 Å². The van der Waals surface area contributed by atoms with E-state index in [4.69, 9.17) is 5.11 Å². The lowest BCUT2D eigenvalue weighted by molar-refractivity contribution is -0.142. The third kappa shape index (κ3) is 3.76. The molecule has 0 spiro atoms. The molecular weight excluding hydrogens is 268 g/mol. The van der Waals surface area contributed by atoms with E-state index in [1.54, 1.807) is 0 Å².